The summed E-state index contributed by atoms with van der Waals surface area (Å²) < 4.78 is 2.68. The molecule has 0 aromatic carbocycles. The summed E-state index contributed by atoms with van der Waals surface area (Å²) in [4.78, 5) is 4.38. The first-order valence-electron chi connectivity index (χ1n) is 5.81. The van der Waals surface area contributed by atoms with Crippen molar-refractivity contribution in [3.8, 4) is 0 Å². The Kier molecular flexibility index (Phi) is 4.19. The van der Waals surface area contributed by atoms with Gasteiger partial charge in [-0.3, -0.25) is 4.68 Å². The van der Waals surface area contributed by atoms with E-state index in [0.717, 1.165) is 20.9 Å². The van der Waals surface area contributed by atoms with Crippen LogP contribution in [0.15, 0.2) is 16.0 Å². The van der Waals surface area contributed by atoms with Gasteiger partial charge in [0.05, 0.1) is 27.1 Å². The van der Waals surface area contributed by atoms with E-state index >= 15 is 0 Å². The summed E-state index contributed by atoms with van der Waals surface area (Å²) in [5.41, 5.74) is 1.74. The molecule has 1 N–H and O–H groups in total. The summed E-state index contributed by atoms with van der Waals surface area (Å²) in [6, 6.07) is 0.220. The molecule has 18 heavy (non-hydrogen) atoms. The number of aryl methyl sites for hydroxylation is 1. The fourth-order valence-electron chi connectivity index (χ4n) is 1.87. The number of thiazole rings is 1. The number of hydrogen-bond donors (Lipinski definition) is 1. The summed E-state index contributed by atoms with van der Waals surface area (Å²) in [6.45, 7) is 6.06. The zero-order valence-corrected chi connectivity index (χ0v) is 13.0. The summed E-state index contributed by atoms with van der Waals surface area (Å²) in [7, 11) is 0. The molecule has 0 spiro atoms. The molecule has 2 rings (SSSR count). The number of aromatic nitrogens is 3. The highest BCUT2D eigenvalue weighted by atomic mass is 79.9. The van der Waals surface area contributed by atoms with Crippen molar-refractivity contribution in [3.63, 3.8) is 0 Å². The molecule has 0 aliphatic rings. The molecule has 2 heterocycles. The van der Waals surface area contributed by atoms with Gasteiger partial charge in [0, 0.05) is 17.8 Å². The zero-order chi connectivity index (χ0) is 13.3. The Hall–Kier alpha value is -0.720. The van der Waals surface area contributed by atoms with Crippen LogP contribution in [0.4, 0.5) is 0 Å². The van der Waals surface area contributed by atoms with E-state index in [4.69, 9.17) is 0 Å². The Morgan fingerprint density at radius 2 is 2.22 bits per heavy atom. The minimum Gasteiger partial charge on any atom is -0.386 e. The Morgan fingerprint density at radius 3 is 2.78 bits per heavy atom. The molecule has 0 amide bonds. The van der Waals surface area contributed by atoms with Crippen LogP contribution in [-0.2, 0) is 6.42 Å². The molecule has 0 saturated carbocycles. The normalized spacial score (nSPS) is 13.2. The average molecular weight is 330 g/mol. The van der Waals surface area contributed by atoms with Crippen LogP contribution in [0.2, 0.25) is 0 Å². The molecular weight excluding hydrogens is 314 g/mol. The third-order valence-electron chi connectivity index (χ3n) is 2.66. The van der Waals surface area contributed by atoms with Gasteiger partial charge in [0.15, 0.2) is 0 Å². The zero-order valence-electron chi connectivity index (χ0n) is 10.6. The fourth-order valence-corrected chi connectivity index (χ4v) is 3.03. The summed E-state index contributed by atoms with van der Waals surface area (Å²) in [5.74, 6) is 0. The van der Waals surface area contributed by atoms with E-state index in [2.05, 4.69) is 26.0 Å². The van der Waals surface area contributed by atoms with Gasteiger partial charge in [-0.1, -0.05) is 0 Å². The van der Waals surface area contributed by atoms with Crippen molar-refractivity contribution in [3.05, 3.63) is 32.4 Å². The van der Waals surface area contributed by atoms with Gasteiger partial charge in [-0.15, -0.1) is 11.3 Å². The third-order valence-corrected chi connectivity index (χ3v) is 4.09. The maximum Gasteiger partial charge on any atom is 0.102 e. The minimum atomic E-state index is -0.592. The molecule has 4 nitrogen and oxygen atoms in total. The Morgan fingerprint density at radius 1 is 1.50 bits per heavy atom. The van der Waals surface area contributed by atoms with E-state index in [1.807, 2.05) is 30.8 Å². The highest BCUT2D eigenvalue weighted by Gasteiger charge is 2.20. The first-order valence-corrected chi connectivity index (χ1v) is 7.48. The summed E-state index contributed by atoms with van der Waals surface area (Å²) in [5, 5.41) is 17.6. The van der Waals surface area contributed by atoms with Crippen LogP contribution in [0.25, 0.3) is 0 Å². The van der Waals surface area contributed by atoms with Gasteiger partial charge < -0.3 is 5.11 Å². The van der Waals surface area contributed by atoms with Gasteiger partial charge in [-0.2, -0.15) is 5.10 Å². The molecule has 0 aliphatic carbocycles. The van der Waals surface area contributed by atoms with Crippen LogP contribution in [-0.4, -0.2) is 19.9 Å². The number of hydrogen-bond acceptors (Lipinski definition) is 4. The molecule has 2 aromatic heterocycles. The topological polar surface area (TPSA) is 50.9 Å². The predicted octanol–water partition coefficient (Wildman–Crippen LogP) is 3.27. The van der Waals surface area contributed by atoms with Crippen LogP contribution in [0.5, 0.6) is 0 Å². The monoisotopic (exact) mass is 329 g/mol. The molecule has 0 saturated heterocycles. The van der Waals surface area contributed by atoms with Crippen LogP contribution < -0.4 is 0 Å². The van der Waals surface area contributed by atoms with Gasteiger partial charge in [0.1, 0.15) is 6.10 Å². The van der Waals surface area contributed by atoms with E-state index in [1.54, 1.807) is 17.5 Å². The average Bonchev–Trinajstić information content (AvgIpc) is 2.85. The SMILES string of the molecule is Cc1nc(CC(O)c2c(Br)cnn2C(C)C)cs1. The molecule has 1 atom stereocenters. The lowest BCUT2D eigenvalue weighted by Gasteiger charge is -2.15. The second-order valence-electron chi connectivity index (χ2n) is 4.49. The lowest BCUT2D eigenvalue weighted by molar-refractivity contribution is 0.163. The molecule has 2 aromatic rings. The van der Waals surface area contributed by atoms with E-state index in [0.29, 0.717) is 6.42 Å². The molecular formula is C12H16BrN3OS. The lowest BCUT2D eigenvalue weighted by atomic mass is 10.1. The fraction of sp³-hybridized carbons (Fsp3) is 0.500. The van der Waals surface area contributed by atoms with Gasteiger partial charge >= 0.3 is 0 Å². The first kappa shape index (κ1) is 13.7. The highest BCUT2D eigenvalue weighted by molar-refractivity contribution is 9.10. The van der Waals surface area contributed by atoms with Crippen molar-refractivity contribution in [2.45, 2.75) is 39.3 Å². The van der Waals surface area contributed by atoms with E-state index in [9.17, 15) is 5.11 Å². The Balaban J connectivity index is 2.23. The van der Waals surface area contributed by atoms with E-state index < -0.39 is 6.10 Å². The van der Waals surface area contributed by atoms with Crippen LogP contribution in [0, 0.1) is 6.92 Å². The third kappa shape index (κ3) is 2.81. The Bertz CT molecular complexity index is 535. The number of rotatable bonds is 4. The standard InChI is InChI=1S/C12H16BrN3OS/c1-7(2)16-12(10(13)5-14-16)11(17)4-9-6-18-8(3)15-9/h5-7,11,17H,4H2,1-3H3. The van der Waals surface area contributed by atoms with Crippen LogP contribution >= 0.6 is 27.3 Å². The van der Waals surface area contributed by atoms with Gasteiger partial charge in [0.2, 0.25) is 0 Å². The smallest absolute Gasteiger partial charge is 0.102 e. The van der Waals surface area contributed by atoms with Crippen LogP contribution in [0.1, 0.15) is 42.4 Å². The molecule has 0 radical (unpaired) electrons. The first-order chi connectivity index (χ1) is 8.49. The largest absolute Gasteiger partial charge is 0.386 e. The van der Waals surface area contributed by atoms with Gasteiger partial charge in [-0.25, -0.2) is 4.98 Å². The molecule has 0 bridgehead atoms. The molecule has 0 aliphatic heterocycles. The number of halogens is 1. The van der Waals surface area contributed by atoms with Gasteiger partial charge in [-0.05, 0) is 36.7 Å². The van der Waals surface area contributed by atoms with Crippen LogP contribution in [0.3, 0.4) is 0 Å². The summed E-state index contributed by atoms with van der Waals surface area (Å²) >= 11 is 5.05. The second-order valence-corrected chi connectivity index (χ2v) is 6.41. The van der Waals surface area contributed by atoms with Gasteiger partial charge in [0.25, 0.3) is 0 Å². The molecule has 98 valence electrons. The highest BCUT2D eigenvalue weighted by Crippen LogP contribution is 2.28. The lowest BCUT2D eigenvalue weighted by Crippen LogP contribution is -2.13. The van der Waals surface area contributed by atoms with Crippen molar-refractivity contribution in [1.82, 2.24) is 14.8 Å². The van der Waals surface area contributed by atoms with Crippen molar-refractivity contribution in [2.24, 2.45) is 0 Å². The number of aliphatic hydroxyl groups excluding tert-OH is 1. The molecule has 6 heteroatoms. The minimum absolute atomic E-state index is 0.220. The summed E-state index contributed by atoms with van der Waals surface area (Å²) in [6.07, 6.45) is 1.65. The number of nitrogens with zero attached hydrogens (tertiary/aromatic N) is 3. The Labute approximate surface area is 119 Å². The van der Waals surface area contributed by atoms with Crippen molar-refractivity contribution >= 4 is 27.3 Å². The second kappa shape index (κ2) is 5.50. The quantitative estimate of drug-likeness (QED) is 0.936. The van der Waals surface area contributed by atoms with Crippen molar-refractivity contribution in [1.29, 1.82) is 0 Å². The predicted molar refractivity (Wildman–Crippen MR) is 75.8 cm³/mol. The van der Waals surface area contributed by atoms with Crippen molar-refractivity contribution in [2.75, 3.05) is 0 Å². The van der Waals surface area contributed by atoms with E-state index in [1.165, 1.54) is 0 Å². The number of aliphatic hydroxyl groups is 1. The maximum atomic E-state index is 10.4. The van der Waals surface area contributed by atoms with E-state index in [-0.39, 0.29) is 6.04 Å². The van der Waals surface area contributed by atoms with Crippen molar-refractivity contribution < 1.29 is 5.11 Å². The molecule has 0 fully saturated rings. The maximum absolute atomic E-state index is 10.4. The molecule has 1 unspecified atom stereocenters.